The highest BCUT2D eigenvalue weighted by atomic mass is 19.1. The van der Waals surface area contributed by atoms with Gasteiger partial charge in [0.15, 0.2) is 0 Å². The second-order valence-electron chi connectivity index (χ2n) is 5.15. The van der Waals surface area contributed by atoms with Gasteiger partial charge in [0.1, 0.15) is 5.82 Å². The third-order valence-corrected chi connectivity index (χ3v) is 3.41. The fraction of sp³-hybridized carbons (Fsp3) is 0.235. The molecule has 0 atom stereocenters. The van der Waals surface area contributed by atoms with Gasteiger partial charge in [-0.05, 0) is 54.3 Å². The molecule has 0 amide bonds. The van der Waals surface area contributed by atoms with E-state index in [1.54, 1.807) is 19.9 Å². The Labute approximate surface area is 124 Å². The van der Waals surface area contributed by atoms with Crippen LogP contribution in [-0.4, -0.2) is 0 Å². The lowest BCUT2D eigenvalue weighted by atomic mass is 10.1. The molecule has 0 bridgehead atoms. The van der Waals surface area contributed by atoms with Crippen LogP contribution in [0.15, 0.2) is 30.3 Å². The van der Waals surface area contributed by atoms with Crippen molar-refractivity contribution in [2.24, 2.45) is 0 Å². The van der Waals surface area contributed by atoms with Gasteiger partial charge >= 0.3 is 0 Å². The Balaban J connectivity index is 2.13. The number of halogens is 1. The van der Waals surface area contributed by atoms with E-state index < -0.39 is 0 Å². The minimum absolute atomic E-state index is 0.150. The summed E-state index contributed by atoms with van der Waals surface area (Å²) in [6, 6.07) is 11.3. The van der Waals surface area contributed by atoms with Crippen LogP contribution in [0.5, 0.6) is 0 Å². The Kier molecular flexibility index (Phi) is 4.44. The number of nitrogen functional groups attached to an aromatic ring is 1. The lowest BCUT2D eigenvalue weighted by Crippen LogP contribution is -2.03. The molecule has 21 heavy (non-hydrogen) atoms. The van der Waals surface area contributed by atoms with E-state index in [1.807, 2.05) is 24.3 Å². The molecule has 0 aliphatic carbocycles. The maximum atomic E-state index is 13.6. The van der Waals surface area contributed by atoms with Gasteiger partial charge in [-0.1, -0.05) is 12.1 Å². The smallest absolute Gasteiger partial charge is 0.129 e. The molecule has 0 aromatic heterocycles. The average molecular weight is 283 g/mol. The molecule has 0 saturated heterocycles. The first-order valence-electron chi connectivity index (χ1n) is 6.76. The summed E-state index contributed by atoms with van der Waals surface area (Å²) in [7, 11) is 0. The van der Waals surface area contributed by atoms with Crippen LogP contribution in [0.1, 0.15) is 22.3 Å². The van der Waals surface area contributed by atoms with Crippen LogP contribution in [0.2, 0.25) is 0 Å². The Bertz CT molecular complexity index is 679. The maximum Gasteiger partial charge on any atom is 0.129 e. The number of anilines is 2. The molecule has 0 aliphatic rings. The zero-order chi connectivity index (χ0) is 15.4. The fourth-order valence-corrected chi connectivity index (χ4v) is 2.30. The summed E-state index contributed by atoms with van der Waals surface area (Å²) in [5, 5.41) is 12.0. The van der Waals surface area contributed by atoms with E-state index in [9.17, 15) is 4.39 Å². The standard InChI is InChI=1S/C17H18FN3/c1-11-7-13(8-12(2)17(11)18)10-21-15-3-4-16(20)14(9-15)5-6-19/h3-4,7-9,21H,5,10,20H2,1-2H3. The number of nitrogens with one attached hydrogen (secondary N) is 1. The van der Waals surface area contributed by atoms with Crippen molar-refractivity contribution in [3.05, 3.63) is 58.4 Å². The van der Waals surface area contributed by atoms with E-state index in [4.69, 9.17) is 11.0 Å². The third kappa shape index (κ3) is 3.51. The molecule has 0 heterocycles. The Morgan fingerprint density at radius 2 is 1.86 bits per heavy atom. The Morgan fingerprint density at radius 1 is 1.19 bits per heavy atom. The summed E-state index contributed by atoms with van der Waals surface area (Å²) >= 11 is 0. The van der Waals surface area contributed by atoms with Crippen molar-refractivity contribution in [3.8, 4) is 6.07 Å². The number of nitriles is 1. The average Bonchev–Trinajstić information content (AvgIpc) is 2.45. The van der Waals surface area contributed by atoms with E-state index in [1.165, 1.54) is 0 Å². The molecule has 3 nitrogen and oxygen atoms in total. The summed E-state index contributed by atoms with van der Waals surface area (Å²) in [4.78, 5) is 0. The van der Waals surface area contributed by atoms with Gasteiger partial charge in [-0.15, -0.1) is 0 Å². The van der Waals surface area contributed by atoms with E-state index in [-0.39, 0.29) is 12.2 Å². The minimum atomic E-state index is -0.150. The number of aryl methyl sites for hydroxylation is 2. The number of hydrogen-bond donors (Lipinski definition) is 2. The first-order valence-corrected chi connectivity index (χ1v) is 6.76. The van der Waals surface area contributed by atoms with Crippen molar-refractivity contribution in [2.75, 3.05) is 11.1 Å². The summed E-state index contributed by atoms with van der Waals surface area (Å²) in [6.45, 7) is 4.12. The van der Waals surface area contributed by atoms with E-state index in [0.717, 1.165) is 16.8 Å². The molecule has 0 saturated carbocycles. The van der Waals surface area contributed by atoms with Gasteiger partial charge in [0.05, 0.1) is 12.5 Å². The van der Waals surface area contributed by atoms with Crippen LogP contribution in [0.25, 0.3) is 0 Å². The molecule has 0 radical (unpaired) electrons. The summed E-state index contributed by atoms with van der Waals surface area (Å²) in [5.74, 6) is -0.150. The normalized spacial score (nSPS) is 10.2. The molecule has 0 fully saturated rings. The van der Waals surface area contributed by atoms with Gasteiger partial charge in [-0.3, -0.25) is 0 Å². The highest BCUT2D eigenvalue weighted by Crippen LogP contribution is 2.20. The second-order valence-corrected chi connectivity index (χ2v) is 5.15. The molecule has 3 N–H and O–H groups in total. The van der Waals surface area contributed by atoms with Crippen molar-refractivity contribution in [2.45, 2.75) is 26.8 Å². The van der Waals surface area contributed by atoms with Crippen LogP contribution in [0.3, 0.4) is 0 Å². The molecule has 4 heteroatoms. The molecule has 0 unspecified atom stereocenters. The van der Waals surface area contributed by atoms with Gasteiger partial charge in [0.25, 0.3) is 0 Å². The number of rotatable bonds is 4. The summed E-state index contributed by atoms with van der Waals surface area (Å²) in [6.07, 6.45) is 0.288. The molecule has 2 rings (SSSR count). The number of nitrogens with zero attached hydrogens (tertiary/aromatic N) is 1. The van der Waals surface area contributed by atoms with Crippen LogP contribution in [-0.2, 0) is 13.0 Å². The van der Waals surface area contributed by atoms with Crippen molar-refractivity contribution in [1.29, 1.82) is 5.26 Å². The summed E-state index contributed by atoms with van der Waals surface area (Å²) in [5.41, 5.74) is 10.5. The van der Waals surface area contributed by atoms with E-state index >= 15 is 0 Å². The van der Waals surface area contributed by atoms with E-state index in [2.05, 4.69) is 11.4 Å². The zero-order valence-electron chi connectivity index (χ0n) is 12.2. The van der Waals surface area contributed by atoms with Crippen molar-refractivity contribution in [3.63, 3.8) is 0 Å². The first-order chi connectivity index (χ1) is 10.0. The molecule has 0 aliphatic heterocycles. The molecule has 2 aromatic rings. The lowest BCUT2D eigenvalue weighted by Gasteiger charge is -2.11. The molecule has 2 aromatic carbocycles. The van der Waals surface area contributed by atoms with Crippen LogP contribution >= 0.6 is 0 Å². The predicted octanol–water partition coefficient (Wildman–Crippen LogP) is 3.70. The topological polar surface area (TPSA) is 61.8 Å². The zero-order valence-corrected chi connectivity index (χ0v) is 12.2. The monoisotopic (exact) mass is 283 g/mol. The van der Waals surface area contributed by atoms with Crippen molar-refractivity contribution >= 4 is 11.4 Å². The number of nitrogens with two attached hydrogens (primary N) is 1. The highest BCUT2D eigenvalue weighted by molar-refractivity contribution is 5.58. The highest BCUT2D eigenvalue weighted by Gasteiger charge is 2.05. The number of benzene rings is 2. The van der Waals surface area contributed by atoms with Crippen LogP contribution < -0.4 is 11.1 Å². The minimum Gasteiger partial charge on any atom is -0.398 e. The maximum absolute atomic E-state index is 13.6. The second kappa shape index (κ2) is 6.27. The van der Waals surface area contributed by atoms with Gasteiger partial charge in [-0.25, -0.2) is 4.39 Å². The van der Waals surface area contributed by atoms with Crippen LogP contribution in [0, 0.1) is 31.0 Å². The summed E-state index contributed by atoms with van der Waals surface area (Å²) < 4.78 is 13.6. The third-order valence-electron chi connectivity index (χ3n) is 3.41. The molecule has 0 spiro atoms. The van der Waals surface area contributed by atoms with Gasteiger partial charge < -0.3 is 11.1 Å². The Morgan fingerprint density at radius 3 is 2.48 bits per heavy atom. The largest absolute Gasteiger partial charge is 0.398 e. The quantitative estimate of drug-likeness (QED) is 0.841. The van der Waals surface area contributed by atoms with Gasteiger partial charge in [-0.2, -0.15) is 5.26 Å². The number of hydrogen-bond acceptors (Lipinski definition) is 3. The van der Waals surface area contributed by atoms with Gasteiger partial charge in [0.2, 0.25) is 0 Å². The predicted molar refractivity (Wildman–Crippen MR) is 83.4 cm³/mol. The van der Waals surface area contributed by atoms with Crippen molar-refractivity contribution < 1.29 is 4.39 Å². The van der Waals surface area contributed by atoms with Gasteiger partial charge in [0, 0.05) is 17.9 Å². The molecule has 108 valence electrons. The SMILES string of the molecule is Cc1cc(CNc2ccc(N)c(CC#N)c2)cc(C)c1F. The van der Waals surface area contributed by atoms with E-state index in [0.29, 0.717) is 23.4 Å². The lowest BCUT2D eigenvalue weighted by molar-refractivity contribution is 0.608. The fourth-order valence-electron chi connectivity index (χ4n) is 2.30. The first kappa shape index (κ1) is 14.9. The molecular weight excluding hydrogens is 265 g/mol. The Hall–Kier alpha value is -2.54. The van der Waals surface area contributed by atoms with Crippen molar-refractivity contribution in [1.82, 2.24) is 0 Å². The van der Waals surface area contributed by atoms with Crippen LogP contribution in [0.4, 0.5) is 15.8 Å². The molecular formula is C17H18FN3.